The summed E-state index contributed by atoms with van der Waals surface area (Å²) in [6.07, 6.45) is 2.29. The lowest BCUT2D eigenvalue weighted by Crippen LogP contribution is -2.24. The SMILES string of the molecule is C=C(CCCNCC(C)C)N(C)CC(C)C. The van der Waals surface area contributed by atoms with Gasteiger partial charge in [-0.1, -0.05) is 34.3 Å². The molecule has 0 fully saturated rings. The monoisotopic (exact) mass is 226 g/mol. The number of hydrogen-bond acceptors (Lipinski definition) is 2. The molecular formula is C14H30N2. The molecule has 0 radical (unpaired) electrons. The Balaban J connectivity index is 3.50. The van der Waals surface area contributed by atoms with E-state index in [1.54, 1.807) is 0 Å². The second-order valence-electron chi connectivity index (χ2n) is 5.54. The number of nitrogens with zero attached hydrogens (tertiary/aromatic N) is 1. The van der Waals surface area contributed by atoms with Crippen LogP contribution < -0.4 is 5.32 Å². The summed E-state index contributed by atoms with van der Waals surface area (Å²) in [5.74, 6) is 1.45. The number of nitrogens with one attached hydrogen (secondary N) is 1. The van der Waals surface area contributed by atoms with Gasteiger partial charge in [0, 0.05) is 19.3 Å². The summed E-state index contributed by atoms with van der Waals surface area (Å²) in [7, 11) is 2.14. The Morgan fingerprint density at radius 1 is 1.19 bits per heavy atom. The van der Waals surface area contributed by atoms with Crippen molar-refractivity contribution in [2.24, 2.45) is 11.8 Å². The maximum atomic E-state index is 4.14. The fourth-order valence-corrected chi connectivity index (χ4v) is 1.68. The summed E-state index contributed by atoms with van der Waals surface area (Å²) in [6.45, 7) is 16.4. The molecular weight excluding hydrogens is 196 g/mol. The molecule has 16 heavy (non-hydrogen) atoms. The van der Waals surface area contributed by atoms with Crippen LogP contribution in [0.3, 0.4) is 0 Å². The van der Waals surface area contributed by atoms with Gasteiger partial charge >= 0.3 is 0 Å². The Morgan fingerprint density at radius 3 is 2.31 bits per heavy atom. The zero-order chi connectivity index (χ0) is 12.6. The number of allylic oxidation sites excluding steroid dienone is 1. The van der Waals surface area contributed by atoms with Crippen LogP contribution in [-0.4, -0.2) is 31.6 Å². The summed E-state index contributed by atoms with van der Waals surface area (Å²) in [6, 6.07) is 0. The van der Waals surface area contributed by atoms with E-state index < -0.39 is 0 Å². The highest BCUT2D eigenvalue weighted by atomic mass is 15.1. The van der Waals surface area contributed by atoms with Crippen molar-refractivity contribution in [1.82, 2.24) is 10.2 Å². The lowest BCUT2D eigenvalue weighted by molar-refractivity contribution is 0.348. The quantitative estimate of drug-likeness (QED) is 0.608. The molecule has 0 amide bonds. The molecule has 0 aliphatic rings. The van der Waals surface area contributed by atoms with Crippen LogP contribution in [0.15, 0.2) is 12.3 Å². The maximum Gasteiger partial charge on any atom is 0.0194 e. The molecule has 0 saturated heterocycles. The Labute approximate surface area is 102 Å². The molecule has 0 heterocycles. The van der Waals surface area contributed by atoms with Gasteiger partial charge < -0.3 is 10.2 Å². The molecule has 2 nitrogen and oxygen atoms in total. The Morgan fingerprint density at radius 2 is 1.81 bits per heavy atom. The normalized spacial score (nSPS) is 11.2. The molecule has 96 valence electrons. The van der Waals surface area contributed by atoms with Gasteiger partial charge in [0.1, 0.15) is 0 Å². The molecule has 0 spiro atoms. The second-order valence-corrected chi connectivity index (χ2v) is 5.54. The molecule has 0 aromatic heterocycles. The Kier molecular flexibility index (Phi) is 8.36. The molecule has 0 saturated carbocycles. The standard InChI is InChI=1S/C14H30N2/c1-12(2)10-15-9-7-8-14(5)16(6)11-13(3)4/h12-13,15H,5,7-11H2,1-4,6H3. The predicted octanol–water partition coefficient (Wildman–Crippen LogP) is 3.11. The first-order valence-corrected chi connectivity index (χ1v) is 6.53. The van der Waals surface area contributed by atoms with E-state index in [4.69, 9.17) is 0 Å². The molecule has 0 aromatic carbocycles. The largest absolute Gasteiger partial charge is 0.378 e. The summed E-state index contributed by atoms with van der Waals surface area (Å²) < 4.78 is 0. The predicted molar refractivity (Wildman–Crippen MR) is 73.5 cm³/mol. The first-order valence-electron chi connectivity index (χ1n) is 6.53. The highest BCUT2D eigenvalue weighted by molar-refractivity contribution is 4.92. The van der Waals surface area contributed by atoms with Crippen LogP contribution in [-0.2, 0) is 0 Å². The fourth-order valence-electron chi connectivity index (χ4n) is 1.68. The van der Waals surface area contributed by atoms with Crippen molar-refractivity contribution < 1.29 is 0 Å². The van der Waals surface area contributed by atoms with E-state index in [1.165, 1.54) is 12.1 Å². The smallest absolute Gasteiger partial charge is 0.0194 e. The minimum atomic E-state index is 0.709. The van der Waals surface area contributed by atoms with Gasteiger partial charge in [-0.25, -0.2) is 0 Å². The van der Waals surface area contributed by atoms with E-state index in [1.807, 2.05) is 0 Å². The van der Waals surface area contributed by atoms with Gasteiger partial charge in [0.15, 0.2) is 0 Å². The molecule has 1 N–H and O–H groups in total. The van der Waals surface area contributed by atoms with Gasteiger partial charge in [0.25, 0.3) is 0 Å². The third-order valence-electron chi connectivity index (χ3n) is 2.55. The number of rotatable bonds is 9. The van der Waals surface area contributed by atoms with Gasteiger partial charge in [0.05, 0.1) is 0 Å². The van der Waals surface area contributed by atoms with Gasteiger partial charge in [-0.2, -0.15) is 0 Å². The van der Waals surface area contributed by atoms with Crippen LogP contribution in [0.4, 0.5) is 0 Å². The van der Waals surface area contributed by atoms with Crippen molar-refractivity contribution in [1.29, 1.82) is 0 Å². The van der Waals surface area contributed by atoms with E-state index in [-0.39, 0.29) is 0 Å². The third-order valence-corrected chi connectivity index (χ3v) is 2.55. The highest BCUT2D eigenvalue weighted by Crippen LogP contribution is 2.09. The molecule has 0 aliphatic heterocycles. The van der Waals surface area contributed by atoms with Crippen LogP contribution in [0.5, 0.6) is 0 Å². The molecule has 0 aromatic rings. The molecule has 2 heteroatoms. The first-order chi connectivity index (χ1) is 7.43. The van der Waals surface area contributed by atoms with Crippen LogP contribution >= 0.6 is 0 Å². The van der Waals surface area contributed by atoms with Gasteiger partial charge in [-0.05, 0) is 37.8 Å². The van der Waals surface area contributed by atoms with Crippen LogP contribution in [0, 0.1) is 11.8 Å². The van der Waals surface area contributed by atoms with Crippen molar-refractivity contribution >= 4 is 0 Å². The van der Waals surface area contributed by atoms with Crippen LogP contribution in [0.25, 0.3) is 0 Å². The fraction of sp³-hybridized carbons (Fsp3) is 0.857. The van der Waals surface area contributed by atoms with Crippen LogP contribution in [0.1, 0.15) is 40.5 Å². The maximum absolute atomic E-state index is 4.14. The van der Waals surface area contributed by atoms with Gasteiger partial charge in [-0.15, -0.1) is 0 Å². The van der Waals surface area contributed by atoms with Crippen molar-refractivity contribution in [2.75, 3.05) is 26.7 Å². The minimum Gasteiger partial charge on any atom is -0.378 e. The second kappa shape index (κ2) is 8.63. The topological polar surface area (TPSA) is 15.3 Å². The zero-order valence-corrected chi connectivity index (χ0v) is 11.8. The molecule has 0 atom stereocenters. The third kappa shape index (κ3) is 8.78. The summed E-state index contributed by atoms with van der Waals surface area (Å²) in [5.41, 5.74) is 1.26. The van der Waals surface area contributed by atoms with Crippen LogP contribution in [0.2, 0.25) is 0 Å². The highest BCUT2D eigenvalue weighted by Gasteiger charge is 2.04. The first kappa shape index (κ1) is 15.5. The lowest BCUT2D eigenvalue weighted by Gasteiger charge is -2.23. The van der Waals surface area contributed by atoms with Crippen molar-refractivity contribution in [3.05, 3.63) is 12.3 Å². The van der Waals surface area contributed by atoms with Crippen molar-refractivity contribution in [3.8, 4) is 0 Å². The molecule has 0 unspecified atom stereocenters. The number of hydrogen-bond donors (Lipinski definition) is 1. The average molecular weight is 226 g/mol. The van der Waals surface area contributed by atoms with Crippen molar-refractivity contribution in [3.63, 3.8) is 0 Å². The Hall–Kier alpha value is -0.500. The van der Waals surface area contributed by atoms with E-state index in [0.29, 0.717) is 5.92 Å². The zero-order valence-electron chi connectivity index (χ0n) is 11.8. The van der Waals surface area contributed by atoms with E-state index in [2.05, 4.69) is 51.5 Å². The summed E-state index contributed by atoms with van der Waals surface area (Å²) >= 11 is 0. The summed E-state index contributed by atoms with van der Waals surface area (Å²) in [5, 5.41) is 3.46. The van der Waals surface area contributed by atoms with Gasteiger partial charge in [-0.3, -0.25) is 0 Å². The molecule has 0 rings (SSSR count). The van der Waals surface area contributed by atoms with Crippen molar-refractivity contribution in [2.45, 2.75) is 40.5 Å². The summed E-state index contributed by atoms with van der Waals surface area (Å²) in [4.78, 5) is 2.28. The average Bonchev–Trinajstić information content (AvgIpc) is 2.15. The molecule has 0 aliphatic carbocycles. The van der Waals surface area contributed by atoms with Gasteiger partial charge in [0.2, 0.25) is 0 Å². The van der Waals surface area contributed by atoms with E-state index in [0.717, 1.165) is 32.0 Å². The molecule has 0 bridgehead atoms. The lowest BCUT2D eigenvalue weighted by atomic mass is 10.1. The van der Waals surface area contributed by atoms with E-state index >= 15 is 0 Å². The minimum absolute atomic E-state index is 0.709. The Bertz CT molecular complexity index is 185. The van der Waals surface area contributed by atoms with E-state index in [9.17, 15) is 0 Å².